The highest BCUT2D eigenvalue weighted by Crippen LogP contribution is 2.45. The molecular weight excluding hydrogens is 759 g/mol. The molecule has 0 aliphatic carbocycles. The Balaban J connectivity index is 1.51. The van der Waals surface area contributed by atoms with Gasteiger partial charge in [-0.25, -0.2) is 14.8 Å². The van der Waals surface area contributed by atoms with E-state index in [0.29, 0.717) is 24.9 Å². The number of methoxy groups -OCH3 is 1. The number of aromatic nitrogens is 3. The highest BCUT2D eigenvalue weighted by Gasteiger charge is 2.62. The first-order valence-electron chi connectivity index (χ1n) is 21.4. The Morgan fingerprint density at radius 2 is 1.73 bits per heavy atom. The van der Waals surface area contributed by atoms with E-state index in [0.717, 1.165) is 5.52 Å². The van der Waals surface area contributed by atoms with Crippen molar-refractivity contribution < 1.29 is 48.0 Å². The fraction of sp³-hybridized carbons (Fsp3) is 0.773. The van der Waals surface area contributed by atoms with Crippen molar-refractivity contribution >= 4 is 34.8 Å². The Hall–Kier alpha value is -3.50. The van der Waals surface area contributed by atoms with Crippen LogP contribution < -0.4 is 0 Å². The van der Waals surface area contributed by atoms with E-state index < -0.39 is 88.9 Å². The van der Waals surface area contributed by atoms with E-state index in [-0.39, 0.29) is 43.7 Å². The van der Waals surface area contributed by atoms with Gasteiger partial charge in [0.1, 0.15) is 23.9 Å². The number of ketones is 2. The van der Waals surface area contributed by atoms with Gasteiger partial charge in [0.05, 0.1) is 35.7 Å². The van der Waals surface area contributed by atoms with Crippen molar-refractivity contribution in [2.24, 2.45) is 23.7 Å². The maximum Gasteiger partial charge on any atom is 0.410 e. The van der Waals surface area contributed by atoms with E-state index in [1.807, 2.05) is 65.7 Å². The Morgan fingerprint density at radius 1 is 1.03 bits per heavy atom. The number of fused-ring (bicyclic) bond motifs is 2. The molecule has 2 aromatic rings. The molecule has 15 nitrogen and oxygen atoms in total. The summed E-state index contributed by atoms with van der Waals surface area (Å²) in [5.74, 6) is -4.95. The Labute approximate surface area is 349 Å². The molecule has 3 fully saturated rings. The lowest BCUT2D eigenvalue weighted by Crippen LogP contribution is -2.61. The molecule has 330 valence electrons. The van der Waals surface area contributed by atoms with E-state index in [1.54, 1.807) is 31.3 Å². The number of hydrogen-bond acceptors (Lipinski definition) is 13. The molecule has 59 heavy (non-hydrogen) atoms. The number of rotatable bonds is 11. The highest BCUT2D eigenvalue weighted by molar-refractivity contribution is 6.00. The van der Waals surface area contributed by atoms with Gasteiger partial charge in [-0.3, -0.25) is 14.4 Å². The smallest absolute Gasteiger partial charge is 0.410 e. The number of imidazole rings is 1. The normalized spacial score (nSPS) is 36.7. The average molecular weight is 828 g/mol. The minimum atomic E-state index is -1.37. The number of nitrogens with zero attached hydrogens (tertiary/aromatic N) is 5. The van der Waals surface area contributed by atoms with Crippen LogP contribution >= 0.6 is 0 Å². The molecule has 0 bridgehead atoms. The molecule has 1 N–H and O–H groups in total. The molecule has 0 radical (unpaired) electrons. The van der Waals surface area contributed by atoms with Crippen molar-refractivity contribution in [3.8, 4) is 0 Å². The summed E-state index contributed by atoms with van der Waals surface area (Å²) >= 11 is 0. The molecule has 0 saturated carbocycles. The van der Waals surface area contributed by atoms with Gasteiger partial charge in [0.2, 0.25) is 0 Å². The van der Waals surface area contributed by atoms with Crippen LogP contribution in [0.4, 0.5) is 4.79 Å². The number of aliphatic hydroxyl groups excluding tert-OH is 1. The standard InChI is InChI=1S/C44H69N5O10/c1-14-32-44(15-2)36(48(41(54)59-44)21-17-19-42(8,9)49-24-46-38-30(49)18-16-20-45-38)27(5)33(50)25(3)23-43(10,55-13)37(28(6)34(51)29(7)39(53)57-32)58-40-35(52)31(47(11)12)22-26(4)56-40/h16,18,20,24-29,31-32,35-37,40,52H,14-15,17,19,21-23H2,1-13H3/t25-,26-,27+,28+,29-,31+,32-,35-,36-,37-,40?,43+,44-/m1/s1. The van der Waals surface area contributed by atoms with Crippen molar-refractivity contribution in [3.63, 3.8) is 0 Å². The van der Waals surface area contributed by atoms with Crippen molar-refractivity contribution in [1.29, 1.82) is 0 Å². The van der Waals surface area contributed by atoms with E-state index in [2.05, 4.69) is 28.4 Å². The SMILES string of the molecule is CC[C@H]1OC(=O)[C@H](C)C(=O)[C@H](C)[C@@H](OC2O[C@H](C)C[C@H](N(C)C)[C@H]2O)[C@@](C)(OC)C[C@@H](C)C(=O)[C@H](C)[C@H]2N(CCCC(C)(C)n3cnc4ncccc43)C(=O)O[C@]12CC. The number of esters is 1. The Morgan fingerprint density at radius 3 is 2.36 bits per heavy atom. The average Bonchev–Trinajstić information content (AvgIpc) is 3.77. The summed E-state index contributed by atoms with van der Waals surface area (Å²) in [7, 11) is 5.25. The monoisotopic (exact) mass is 828 g/mol. The van der Waals surface area contributed by atoms with Crippen LogP contribution in [0, 0.1) is 23.7 Å². The van der Waals surface area contributed by atoms with E-state index in [4.69, 9.17) is 23.7 Å². The van der Waals surface area contributed by atoms with Crippen LogP contribution in [-0.4, -0.2) is 135 Å². The second-order valence-corrected chi connectivity index (χ2v) is 18.4. The zero-order valence-electron chi connectivity index (χ0n) is 37.5. The number of carbonyl (C=O) groups excluding carboxylic acids is 4. The van der Waals surface area contributed by atoms with Crippen LogP contribution in [-0.2, 0) is 43.6 Å². The first kappa shape index (κ1) is 46.6. The van der Waals surface area contributed by atoms with Crippen LogP contribution in [0.3, 0.4) is 0 Å². The number of carbonyl (C=O) groups is 4. The lowest BCUT2D eigenvalue weighted by Gasteiger charge is -2.47. The molecule has 3 saturated heterocycles. The lowest BCUT2D eigenvalue weighted by atomic mass is 9.72. The van der Waals surface area contributed by atoms with Crippen LogP contribution in [0.25, 0.3) is 11.2 Å². The number of Topliss-reactive ketones (excluding diaryl/α,β-unsaturated/α-hetero) is 2. The van der Waals surface area contributed by atoms with Gasteiger partial charge in [0.15, 0.2) is 23.3 Å². The predicted octanol–water partition coefficient (Wildman–Crippen LogP) is 5.54. The van der Waals surface area contributed by atoms with Crippen molar-refractivity contribution in [1.82, 2.24) is 24.3 Å². The fourth-order valence-corrected chi connectivity index (χ4v) is 10.1. The molecule has 5 heterocycles. The first-order chi connectivity index (χ1) is 27.7. The molecule has 0 spiro atoms. The number of hydrogen-bond donors (Lipinski definition) is 1. The predicted molar refractivity (Wildman–Crippen MR) is 220 cm³/mol. The molecule has 2 aromatic heterocycles. The third-order valence-corrected chi connectivity index (χ3v) is 13.7. The van der Waals surface area contributed by atoms with Crippen LogP contribution in [0.5, 0.6) is 0 Å². The van der Waals surface area contributed by atoms with Gasteiger partial charge in [0, 0.05) is 49.2 Å². The van der Waals surface area contributed by atoms with Gasteiger partial charge in [-0.05, 0) is 99.4 Å². The lowest BCUT2D eigenvalue weighted by molar-refractivity contribution is -0.295. The van der Waals surface area contributed by atoms with Crippen LogP contribution in [0.2, 0.25) is 0 Å². The van der Waals surface area contributed by atoms with E-state index in [9.17, 15) is 24.3 Å². The second kappa shape index (κ2) is 18.2. The largest absolute Gasteiger partial charge is 0.457 e. The van der Waals surface area contributed by atoms with Gasteiger partial charge in [-0.1, -0.05) is 34.6 Å². The summed E-state index contributed by atoms with van der Waals surface area (Å²) < 4.78 is 33.7. The van der Waals surface area contributed by atoms with Crippen molar-refractivity contribution in [3.05, 3.63) is 24.7 Å². The summed E-state index contributed by atoms with van der Waals surface area (Å²) in [6, 6.07) is 2.78. The summed E-state index contributed by atoms with van der Waals surface area (Å²) in [6.07, 6.45) is 0.932. The number of aliphatic hydroxyl groups is 1. The van der Waals surface area contributed by atoms with Crippen molar-refractivity contribution in [2.75, 3.05) is 27.7 Å². The van der Waals surface area contributed by atoms with Gasteiger partial charge in [-0.15, -0.1) is 0 Å². The third-order valence-electron chi connectivity index (χ3n) is 13.7. The molecule has 0 aromatic carbocycles. The molecule has 1 unspecified atom stereocenters. The molecule has 13 atom stereocenters. The van der Waals surface area contributed by atoms with Crippen molar-refractivity contribution in [2.45, 2.75) is 167 Å². The van der Waals surface area contributed by atoms with Crippen LogP contribution in [0.1, 0.15) is 108 Å². The number of pyridine rings is 1. The second-order valence-electron chi connectivity index (χ2n) is 18.4. The third kappa shape index (κ3) is 8.96. The Kier molecular flexibility index (Phi) is 14.4. The Bertz CT molecular complexity index is 1820. The quantitative estimate of drug-likeness (QED) is 0.221. The topological polar surface area (TPSA) is 172 Å². The maximum atomic E-state index is 14.9. The molecule has 1 amide bonds. The number of amides is 1. The number of ether oxygens (including phenoxy) is 5. The molecule has 5 rings (SSSR count). The number of cyclic esters (lactones) is 1. The van der Waals surface area contributed by atoms with Crippen LogP contribution in [0.15, 0.2) is 24.7 Å². The summed E-state index contributed by atoms with van der Waals surface area (Å²) in [5.41, 5.74) is -1.48. The minimum absolute atomic E-state index is 0.128. The molecule has 15 heteroatoms. The van der Waals surface area contributed by atoms with Gasteiger partial charge in [-0.2, -0.15) is 0 Å². The summed E-state index contributed by atoms with van der Waals surface area (Å²) in [5, 5.41) is 11.5. The van der Waals surface area contributed by atoms with Gasteiger partial charge >= 0.3 is 12.1 Å². The molecule has 3 aliphatic heterocycles. The zero-order chi connectivity index (χ0) is 43.8. The summed E-state index contributed by atoms with van der Waals surface area (Å²) in [6.45, 7) is 18.7. The summed E-state index contributed by atoms with van der Waals surface area (Å²) in [4.78, 5) is 70.0. The maximum absolute atomic E-state index is 14.9. The minimum Gasteiger partial charge on any atom is -0.457 e. The van der Waals surface area contributed by atoms with Gasteiger partial charge in [0.25, 0.3) is 0 Å². The first-order valence-corrected chi connectivity index (χ1v) is 21.4. The van der Waals surface area contributed by atoms with Gasteiger partial charge < -0.3 is 43.2 Å². The molecular formula is C44H69N5O10. The highest BCUT2D eigenvalue weighted by atomic mass is 16.7. The van der Waals surface area contributed by atoms with E-state index >= 15 is 0 Å². The fourth-order valence-electron chi connectivity index (χ4n) is 10.1. The van der Waals surface area contributed by atoms with E-state index in [1.165, 1.54) is 14.0 Å². The molecule has 3 aliphatic rings. The zero-order valence-corrected chi connectivity index (χ0v) is 37.5. The number of likely N-dealkylation sites (N-methyl/N-ethyl adjacent to an activating group) is 1.